The molecule has 0 radical (unpaired) electrons. The van der Waals surface area contributed by atoms with Crippen molar-refractivity contribution in [2.75, 3.05) is 17.2 Å². The lowest BCUT2D eigenvalue weighted by molar-refractivity contribution is -0.152. The maximum absolute atomic E-state index is 13.7. The summed E-state index contributed by atoms with van der Waals surface area (Å²) in [6, 6.07) is 19.8. The van der Waals surface area contributed by atoms with Crippen molar-refractivity contribution in [2.45, 2.75) is 22.5 Å². The number of esters is 1. The summed E-state index contributed by atoms with van der Waals surface area (Å²) in [4.78, 5) is 36.5. The van der Waals surface area contributed by atoms with Gasteiger partial charge in [0.1, 0.15) is 28.0 Å². The van der Waals surface area contributed by atoms with E-state index in [2.05, 4.69) is 9.97 Å². The standard InChI is InChI=1S/C24H22N6O3S2/c25-16-11-17(29-24(27)28-16)35-15-12-34-22-18(26)21(31)30(22)19(15)23(32)33-20(13-7-3-1-4-8-13)14-9-5-2-6-10-14/h1-11,18,20,22H,12,26H2,(H4,25,27,28,29)/t18-,22+/m0/s1. The molecule has 0 saturated carbocycles. The number of nitrogens with two attached hydrogens (primary N) is 3. The first-order valence-corrected chi connectivity index (χ1v) is 12.6. The summed E-state index contributed by atoms with van der Waals surface area (Å²) in [7, 11) is 0. The lowest BCUT2D eigenvalue weighted by Gasteiger charge is -2.48. The first kappa shape index (κ1) is 23.2. The number of hydrogen-bond acceptors (Lipinski definition) is 10. The second kappa shape index (κ2) is 9.61. The summed E-state index contributed by atoms with van der Waals surface area (Å²) in [5.41, 5.74) is 19.4. The van der Waals surface area contributed by atoms with Gasteiger partial charge >= 0.3 is 5.97 Å². The van der Waals surface area contributed by atoms with Crippen LogP contribution in [0.2, 0.25) is 0 Å². The van der Waals surface area contributed by atoms with Gasteiger partial charge in [0.2, 0.25) is 11.9 Å². The molecule has 1 saturated heterocycles. The van der Waals surface area contributed by atoms with Gasteiger partial charge in [-0.3, -0.25) is 9.69 Å². The number of hydrogen-bond donors (Lipinski definition) is 3. The van der Waals surface area contributed by atoms with Crippen LogP contribution in [0, 0.1) is 0 Å². The molecule has 2 aromatic carbocycles. The number of carbonyl (C=O) groups is 2. The SMILES string of the molecule is Nc1cc(SC2=C(C(=O)OC(c3ccccc3)c3ccccc3)N3C(=O)[C@H](N)[C@H]3SC2)nc(N)n1. The zero-order valence-corrected chi connectivity index (χ0v) is 20.0. The molecule has 1 amide bonds. The van der Waals surface area contributed by atoms with Crippen molar-refractivity contribution in [3.8, 4) is 0 Å². The predicted molar refractivity (Wildman–Crippen MR) is 136 cm³/mol. The Kier molecular flexibility index (Phi) is 6.37. The molecular weight excluding hydrogens is 484 g/mol. The summed E-state index contributed by atoms with van der Waals surface area (Å²) in [5.74, 6) is -0.270. The van der Waals surface area contributed by atoms with Crippen molar-refractivity contribution in [2.24, 2.45) is 5.73 Å². The maximum Gasteiger partial charge on any atom is 0.356 e. The third-order valence-electron chi connectivity index (χ3n) is 5.56. The van der Waals surface area contributed by atoms with Gasteiger partial charge in [-0.1, -0.05) is 72.4 Å². The smallest absolute Gasteiger partial charge is 0.356 e. The van der Waals surface area contributed by atoms with Gasteiger partial charge in [0, 0.05) is 16.7 Å². The van der Waals surface area contributed by atoms with E-state index >= 15 is 0 Å². The summed E-state index contributed by atoms with van der Waals surface area (Å²) in [6.45, 7) is 0. The summed E-state index contributed by atoms with van der Waals surface area (Å²) >= 11 is 2.68. The minimum Gasteiger partial charge on any atom is -0.448 e. The number of nitrogens with zero attached hydrogens (tertiary/aromatic N) is 3. The van der Waals surface area contributed by atoms with E-state index in [9.17, 15) is 9.59 Å². The van der Waals surface area contributed by atoms with Crippen LogP contribution in [0.5, 0.6) is 0 Å². The molecule has 2 aliphatic heterocycles. The average molecular weight is 507 g/mol. The highest BCUT2D eigenvalue weighted by molar-refractivity contribution is 8.06. The highest BCUT2D eigenvalue weighted by atomic mass is 32.2. The quantitative estimate of drug-likeness (QED) is 0.258. The number of fused-ring (bicyclic) bond motifs is 1. The number of thioether (sulfide) groups is 2. The van der Waals surface area contributed by atoms with Gasteiger partial charge in [0.15, 0.2) is 6.10 Å². The van der Waals surface area contributed by atoms with E-state index in [-0.39, 0.29) is 28.7 Å². The normalized spacial score (nSPS) is 19.4. The molecule has 2 atom stereocenters. The average Bonchev–Trinajstić information content (AvgIpc) is 2.86. The highest BCUT2D eigenvalue weighted by Gasteiger charge is 2.52. The molecule has 1 fully saturated rings. The minimum absolute atomic E-state index is 0.0221. The van der Waals surface area contributed by atoms with Crippen LogP contribution in [0.25, 0.3) is 0 Å². The molecule has 35 heavy (non-hydrogen) atoms. The Balaban J connectivity index is 1.53. The van der Waals surface area contributed by atoms with Crippen molar-refractivity contribution in [1.82, 2.24) is 14.9 Å². The molecule has 1 aromatic heterocycles. The van der Waals surface area contributed by atoms with Crippen LogP contribution in [0.3, 0.4) is 0 Å². The van der Waals surface area contributed by atoms with Gasteiger partial charge in [0.05, 0.1) is 0 Å². The number of nitrogen functional groups attached to an aromatic ring is 2. The number of β-lactam (4-membered cyclic amide) rings is 1. The second-order valence-electron chi connectivity index (χ2n) is 7.91. The minimum atomic E-state index is -0.668. The van der Waals surface area contributed by atoms with Gasteiger partial charge in [-0.05, 0) is 11.1 Å². The third kappa shape index (κ3) is 4.57. The van der Waals surface area contributed by atoms with Crippen molar-refractivity contribution < 1.29 is 14.3 Å². The molecule has 0 aliphatic carbocycles. The monoisotopic (exact) mass is 506 g/mol. The van der Waals surface area contributed by atoms with Crippen LogP contribution >= 0.6 is 23.5 Å². The Morgan fingerprint density at radius 3 is 2.29 bits per heavy atom. The third-order valence-corrected chi connectivity index (χ3v) is 8.05. The van der Waals surface area contributed by atoms with Crippen LogP contribution in [0.4, 0.5) is 11.8 Å². The molecule has 178 valence electrons. The Morgan fingerprint density at radius 1 is 1.06 bits per heavy atom. The molecule has 0 bridgehead atoms. The van der Waals surface area contributed by atoms with Gasteiger partial charge in [-0.25, -0.2) is 9.78 Å². The van der Waals surface area contributed by atoms with Gasteiger partial charge < -0.3 is 21.9 Å². The van der Waals surface area contributed by atoms with Crippen LogP contribution in [0.15, 0.2) is 82.4 Å². The van der Waals surface area contributed by atoms with Gasteiger partial charge in [0.25, 0.3) is 0 Å². The van der Waals surface area contributed by atoms with Crippen LogP contribution in [0.1, 0.15) is 17.2 Å². The topological polar surface area (TPSA) is 150 Å². The first-order chi connectivity index (χ1) is 16.9. The lowest BCUT2D eigenvalue weighted by Crippen LogP contribution is -2.68. The van der Waals surface area contributed by atoms with E-state index in [0.717, 1.165) is 11.1 Å². The Labute approximate surface area is 210 Å². The van der Waals surface area contributed by atoms with E-state index in [0.29, 0.717) is 15.7 Å². The fourth-order valence-electron chi connectivity index (χ4n) is 3.94. The van der Waals surface area contributed by atoms with E-state index in [1.54, 1.807) is 6.07 Å². The number of aromatic nitrogens is 2. The van der Waals surface area contributed by atoms with E-state index in [4.69, 9.17) is 21.9 Å². The van der Waals surface area contributed by atoms with Gasteiger partial charge in [-0.2, -0.15) is 4.98 Å². The van der Waals surface area contributed by atoms with E-state index in [1.165, 1.54) is 28.4 Å². The predicted octanol–water partition coefficient (Wildman–Crippen LogP) is 2.52. The zero-order valence-electron chi connectivity index (χ0n) is 18.4. The molecule has 5 rings (SSSR count). The van der Waals surface area contributed by atoms with Gasteiger partial charge in [-0.15, -0.1) is 11.8 Å². The van der Waals surface area contributed by atoms with Crippen molar-refractivity contribution in [3.63, 3.8) is 0 Å². The summed E-state index contributed by atoms with van der Waals surface area (Å²) in [5, 5.41) is 0.135. The summed E-state index contributed by atoms with van der Waals surface area (Å²) in [6.07, 6.45) is -0.660. The first-order valence-electron chi connectivity index (χ1n) is 10.7. The van der Waals surface area contributed by atoms with Crippen molar-refractivity contribution in [1.29, 1.82) is 0 Å². The fourth-order valence-corrected chi connectivity index (χ4v) is 6.37. The molecule has 3 heterocycles. The maximum atomic E-state index is 13.7. The molecule has 2 aliphatic rings. The molecule has 9 nitrogen and oxygen atoms in total. The molecule has 0 spiro atoms. The largest absolute Gasteiger partial charge is 0.448 e. The Hall–Kier alpha value is -3.54. The van der Waals surface area contributed by atoms with Crippen LogP contribution < -0.4 is 17.2 Å². The van der Waals surface area contributed by atoms with Crippen LogP contribution in [-0.4, -0.2) is 43.9 Å². The molecule has 0 unspecified atom stereocenters. The second-order valence-corrected chi connectivity index (χ2v) is 10.1. The molecule has 3 aromatic rings. The zero-order chi connectivity index (χ0) is 24.5. The van der Waals surface area contributed by atoms with Crippen molar-refractivity contribution >= 4 is 47.2 Å². The number of ether oxygens (including phenoxy) is 1. The summed E-state index contributed by atoms with van der Waals surface area (Å²) < 4.78 is 6.08. The molecule has 11 heteroatoms. The molecule has 6 N–H and O–H groups in total. The number of rotatable bonds is 6. The number of benzene rings is 2. The number of carbonyl (C=O) groups excluding carboxylic acids is 2. The van der Waals surface area contributed by atoms with E-state index < -0.39 is 18.1 Å². The molecular formula is C24H22N6O3S2. The lowest BCUT2D eigenvalue weighted by atomic mass is 10.0. The Morgan fingerprint density at radius 2 is 1.69 bits per heavy atom. The van der Waals surface area contributed by atoms with Crippen molar-refractivity contribution in [3.05, 3.63) is 88.5 Å². The number of anilines is 2. The fraction of sp³-hybridized carbons (Fsp3) is 0.167. The Bertz CT molecular complexity index is 1250. The number of amides is 1. The van der Waals surface area contributed by atoms with E-state index in [1.807, 2.05) is 60.7 Å². The highest BCUT2D eigenvalue weighted by Crippen LogP contribution is 2.45. The van der Waals surface area contributed by atoms with Crippen LogP contribution in [-0.2, 0) is 14.3 Å².